The molecule has 0 saturated heterocycles. The summed E-state index contributed by atoms with van der Waals surface area (Å²) in [5.74, 6) is -0.792. The molecule has 4 nitrogen and oxygen atoms in total. The van der Waals surface area contributed by atoms with Gasteiger partial charge in [-0.05, 0) is 65.7 Å². The highest BCUT2D eigenvalue weighted by atomic mass is 79.9. The quantitative estimate of drug-likeness (QED) is 0.764. The number of carbonyl (C=O) groups excluding carboxylic acids is 1. The first kappa shape index (κ1) is 19.2. The number of benzene rings is 2. The molecule has 134 valence electrons. The van der Waals surface area contributed by atoms with Crippen molar-refractivity contribution >= 4 is 21.8 Å². The van der Waals surface area contributed by atoms with Crippen LogP contribution < -0.4 is 14.8 Å². The molecule has 0 aliphatic heterocycles. The number of hydrogen-bond acceptors (Lipinski definition) is 3. The number of nitrogens with one attached hydrogen (secondary N) is 1. The molecule has 2 atom stereocenters. The Morgan fingerprint density at radius 2 is 1.80 bits per heavy atom. The molecule has 2 aromatic carbocycles. The lowest BCUT2D eigenvalue weighted by atomic mass is 10.1. The van der Waals surface area contributed by atoms with Gasteiger partial charge in [-0.25, -0.2) is 8.78 Å². The van der Waals surface area contributed by atoms with Crippen molar-refractivity contribution in [1.29, 1.82) is 0 Å². The summed E-state index contributed by atoms with van der Waals surface area (Å²) in [4.78, 5) is 12.3. The monoisotopic (exact) mass is 413 g/mol. The fourth-order valence-corrected chi connectivity index (χ4v) is 2.63. The summed E-state index contributed by atoms with van der Waals surface area (Å²) < 4.78 is 37.7. The molecule has 0 aliphatic carbocycles. The van der Waals surface area contributed by atoms with Crippen LogP contribution >= 0.6 is 15.9 Å². The Hall–Kier alpha value is -2.15. The lowest BCUT2D eigenvalue weighted by Gasteiger charge is -2.20. The van der Waals surface area contributed by atoms with Gasteiger partial charge in [0.15, 0.2) is 17.7 Å². The molecule has 0 radical (unpaired) electrons. The van der Waals surface area contributed by atoms with Gasteiger partial charge in [0.25, 0.3) is 5.91 Å². The van der Waals surface area contributed by atoms with Crippen LogP contribution in [0.5, 0.6) is 11.5 Å². The van der Waals surface area contributed by atoms with Crippen molar-refractivity contribution in [1.82, 2.24) is 5.32 Å². The second-order valence-electron chi connectivity index (χ2n) is 5.46. The van der Waals surface area contributed by atoms with Crippen LogP contribution in [-0.4, -0.2) is 19.1 Å². The van der Waals surface area contributed by atoms with Crippen LogP contribution in [0.2, 0.25) is 0 Å². The molecule has 0 fully saturated rings. The summed E-state index contributed by atoms with van der Waals surface area (Å²) in [6.07, 6.45) is -0.813. The summed E-state index contributed by atoms with van der Waals surface area (Å²) >= 11 is 3.18. The van der Waals surface area contributed by atoms with Gasteiger partial charge in [0, 0.05) is 0 Å². The van der Waals surface area contributed by atoms with Crippen LogP contribution in [0.25, 0.3) is 0 Å². The van der Waals surface area contributed by atoms with Crippen LogP contribution in [0.1, 0.15) is 25.5 Å². The Morgan fingerprint density at radius 3 is 2.40 bits per heavy atom. The number of ether oxygens (including phenoxy) is 2. The molecule has 0 spiro atoms. The van der Waals surface area contributed by atoms with E-state index in [-0.39, 0.29) is 11.7 Å². The topological polar surface area (TPSA) is 47.6 Å². The van der Waals surface area contributed by atoms with Crippen molar-refractivity contribution in [3.05, 3.63) is 58.1 Å². The lowest BCUT2D eigenvalue weighted by molar-refractivity contribution is -0.127. The van der Waals surface area contributed by atoms with Crippen molar-refractivity contribution in [2.75, 3.05) is 7.11 Å². The highest BCUT2D eigenvalue weighted by Gasteiger charge is 2.19. The van der Waals surface area contributed by atoms with Crippen molar-refractivity contribution in [3.63, 3.8) is 0 Å². The minimum absolute atomic E-state index is 0.139. The minimum atomic E-state index is -0.813. The number of amides is 1. The van der Waals surface area contributed by atoms with E-state index in [4.69, 9.17) is 9.47 Å². The zero-order valence-corrected chi connectivity index (χ0v) is 15.6. The average Bonchev–Trinajstić information content (AvgIpc) is 2.57. The third-order valence-electron chi connectivity index (χ3n) is 3.60. The van der Waals surface area contributed by atoms with E-state index >= 15 is 0 Å². The van der Waals surface area contributed by atoms with Crippen LogP contribution in [0.4, 0.5) is 8.78 Å². The second-order valence-corrected chi connectivity index (χ2v) is 6.31. The third kappa shape index (κ3) is 4.92. The number of rotatable bonds is 6. The molecule has 25 heavy (non-hydrogen) atoms. The van der Waals surface area contributed by atoms with Gasteiger partial charge in [0.05, 0.1) is 17.6 Å². The van der Waals surface area contributed by atoms with E-state index in [2.05, 4.69) is 21.2 Å². The Balaban J connectivity index is 2.01. The molecule has 0 heterocycles. The van der Waals surface area contributed by atoms with Gasteiger partial charge in [0.1, 0.15) is 11.6 Å². The molecule has 0 aliphatic rings. The lowest BCUT2D eigenvalue weighted by Crippen LogP contribution is -2.37. The Morgan fingerprint density at radius 1 is 1.12 bits per heavy atom. The maximum absolute atomic E-state index is 13.8. The van der Waals surface area contributed by atoms with E-state index in [1.165, 1.54) is 37.4 Å². The normalized spacial score (nSPS) is 13.0. The smallest absolute Gasteiger partial charge is 0.261 e. The zero-order valence-electron chi connectivity index (χ0n) is 14.0. The average molecular weight is 414 g/mol. The largest absolute Gasteiger partial charge is 0.494 e. The first-order chi connectivity index (χ1) is 11.8. The Labute approximate surface area is 153 Å². The van der Waals surface area contributed by atoms with Crippen molar-refractivity contribution in [2.24, 2.45) is 0 Å². The van der Waals surface area contributed by atoms with E-state index in [9.17, 15) is 13.6 Å². The minimum Gasteiger partial charge on any atom is -0.494 e. The maximum atomic E-state index is 13.8. The molecule has 2 rings (SSSR count). The summed E-state index contributed by atoms with van der Waals surface area (Å²) in [7, 11) is 1.38. The molecular weight excluding hydrogens is 396 g/mol. The number of halogens is 3. The van der Waals surface area contributed by atoms with Crippen LogP contribution in [0.3, 0.4) is 0 Å². The van der Waals surface area contributed by atoms with Crippen molar-refractivity contribution in [3.8, 4) is 11.5 Å². The molecule has 1 amide bonds. The van der Waals surface area contributed by atoms with E-state index in [1.54, 1.807) is 19.9 Å². The van der Waals surface area contributed by atoms with Crippen LogP contribution in [0.15, 0.2) is 40.9 Å². The number of methoxy groups -OCH3 is 1. The van der Waals surface area contributed by atoms with Gasteiger partial charge in [0.2, 0.25) is 0 Å². The van der Waals surface area contributed by atoms with Gasteiger partial charge in [-0.2, -0.15) is 0 Å². The number of hydrogen-bond donors (Lipinski definition) is 1. The maximum Gasteiger partial charge on any atom is 0.261 e. The van der Waals surface area contributed by atoms with Crippen molar-refractivity contribution < 1.29 is 23.0 Å². The predicted octanol–water partition coefficient (Wildman–Crippen LogP) is 4.38. The molecule has 2 aromatic rings. The summed E-state index contributed by atoms with van der Waals surface area (Å²) in [6.45, 7) is 3.31. The summed E-state index contributed by atoms with van der Waals surface area (Å²) in [5, 5.41) is 2.75. The SMILES string of the molecule is COc1ccc([C@@H](C)NC(=O)[C@H](C)Oc2ccc(F)cc2Br)cc1F. The van der Waals surface area contributed by atoms with Gasteiger partial charge in [-0.1, -0.05) is 6.07 Å². The van der Waals surface area contributed by atoms with Gasteiger partial charge >= 0.3 is 0 Å². The van der Waals surface area contributed by atoms with Crippen molar-refractivity contribution in [2.45, 2.75) is 26.0 Å². The highest BCUT2D eigenvalue weighted by molar-refractivity contribution is 9.10. The van der Waals surface area contributed by atoms with Gasteiger partial charge in [-0.3, -0.25) is 4.79 Å². The molecule has 0 unspecified atom stereocenters. The Kier molecular flexibility index (Phi) is 6.36. The first-order valence-electron chi connectivity index (χ1n) is 7.57. The molecule has 7 heteroatoms. The molecule has 0 aromatic heterocycles. The van der Waals surface area contributed by atoms with E-state index < -0.39 is 23.8 Å². The second kappa shape index (κ2) is 8.29. The van der Waals surface area contributed by atoms with Gasteiger partial charge < -0.3 is 14.8 Å². The standard InChI is InChI=1S/C18H18BrF2NO3/c1-10(12-4-6-17(24-3)15(21)8-12)22-18(23)11(2)25-16-7-5-13(20)9-14(16)19/h4-11H,1-3H3,(H,22,23)/t10-,11+/m1/s1. The molecule has 1 N–H and O–H groups in total. The van der Waals surface area contributed by atoms with E-state index in [0.29, 0.717) is 15.8 Å². The molecule has 0 saturated carbocycles. The first-order valence-corrected chi connectivity index (χ1v) is 8.36. The number of carbonyl (C=O) groups is 1. The van der Waals surface area contributed by atoms with Crippen LogP contribution in [0, 0.1) is 11.6 Å². The van der Waals surface area contributed by atoms with E-state index in [1.807, 2.05) is 0 Å². The molecular formula is C18H18BrF2NO3. The third-order valence-corrected chi connectivity index (χ3v) is 4.22. The fraction of sp³-hybridized carbons (Fsp3) is 0.278. The van der Waals surface area contributed by atoms with E-state index in [0.717, 1.165) is 0 Å². The zero-order chi connectivity index (χ0) is 18.6. The predicted molar refractivity (Wildman–Crippen MR) is 93.7 cm³/mol. The summed E-state index contributed by atoms with van der Waals surface area (Å²) in [5.41, 5.74) is 0.599. The fourth-order valence-electron chi connectivity index (χ4n) is 2.18. The van der Waals surface area contributed by atoms with Gasteiger partial charge in [-0.15, -0.1) is 0 Å². The highest BCUT2D eigenvalue weighted by Crippen LogP contribution is 2.27. The summed E-state index contributed by atoms with van der Waals surface area (Å²) in [6, 6.07) is 8.00. The Bertz CT molecular complexity index is 770. The van der Waals surface area contributed by atoms with Crippen LogP contribution in [-0.2, 0) is 4.79 Å². The molecule has 0 bridgehead atoms.